The van der Waals surface area contributed by atoms with Crippen molar-refractivity contribution >= 4 is 0 Å². The third-order valence-corrected chi connectivity index (χ3v) is 5.81. The first-order valence-corrected chi connectivity index (χ1v) is 9.97. The first kappa shape index (κ1) is 19.4. The SMILES string of the molecule is Cc1ccc(C(Cc2c(C)cc(C)cc2C)c2c(C)cc(C)cc2C)cc1. The van der Waals surface area contributed by atoms with Gasteiger partial charge in [-0.05, 0) is 93.8 Å². The topological polar surface area (TPSA) is 0 Å². The van der Waals surface area contributed by atoms with Crippen LogP contribution >= 0.6 is 0 Å². The molecule has 1 unspecified atom stereocenters. The Balaban J connectivity index is 2.16. The number of rotatable bonds is 4. The molecule has 1 atom stereocenters. The molecule has 0 aliphatic rings. The first-order chi connectivity index (χ1) is 12.8. The van der Waals surface area contributed by atoms with E-state index in [9.17, 15) is 0 Å². The number of hydrogen-bond donors (Lipinski definition) is 0. The molecule has 0 spiro atoms. The van der Waals surface area contributed by atoms with Gasteiger partial charge in [0.2, 0.25) is 0 Å². The molecule has 0 amide bonds. The van der Waals surface area contributed by atoms with Gasteiger partial charge in [0.05, 0.1) is 0 Å². The predicted octanol–water partition coefficient (Wildman–Crippen LogP) is 7.22. The van der Waals surface area contributed by atoms with E-state index in [1.165, 1.54) is 55.6 Å². The van der Waals surface area contributed by atoms with Crippen LogP contribution in [-0.4, -0.2) is 0 Å². The van der Waals surface area contributed by atoms with Gasteiger partial charge in [-0.15, -0.1) is 0 Å². The van der Waals surface area contributed by atoms with E-state index in [2.05, 4.69) is 97.0 Å². The quantitative estimate of drug-likeness (QED) is 0.463. The molecule has 0 saturated carbocycles. The van der Waals surface area contributed by atoms with E-state index in [4.69, 9.17) is 0 Å². The molecule has 140 valence electrons. The zero-order valence-corrected chi connectivity index (χ0v) is 17.9. The van der Waals surface area contributed by atoms with Crippen molar-refractivity contribution in [2.24, 2.45) is 0 Å². The van der Waals surface area contributed by atoms with Crippen molar-refractivity contribution < 1.29 is 0 Å². The van der Waals surface area contributed by atoms with E-state index in [0.29, 0.717) is 5.92 Å². The minimum Gasteiger partial charge on any atom is -0.0590 e. The first-order valence-electron chi connectivity index (χ1n) is 9.97. The number of hydrogen-bond acceptors (Lipinski definition) is 0. The fourth-order valence-electron chi connectivity index (χ4n) is 4.66. The average molecular weight is 357 g/mol. The molecule has 0 heterocycles. The van der Waals surface area contributed by atoms with E-state index in [1.54, 1.807) is 0 Å². The Labute approximate surface area is 165 Å². The van der Waals surface area contributed by atoms with Gasteiger partial charge in [-0.1, -0.05) is 65.2 Å². The van der Waals surface area contributed by atoms with Crippen molar-refractivity contribution in [3.05, 3.63) is 104 Å². The second-order valence-electron chi connectivity index (χ2n) is 8.36. The van der Waals surface area contributed by atoms with Crippen LogP contribution in [0, 0.1) is 48.5 Å². The maximum Gasteiger partial charge on any atom is 0.0135 e. The Hall–Kier alpha value is -2.34. The van der Waals surface area contributed by atoms with Crippen LogP contribution < -0.4 is 0 Å². The van der Waals surface area contributed by atoms with Gasteiger partial charge in [0, 0.05) is 5.92 Å². The Morgan fingerprint density at radius 2 is 1.00 bits per heavy atom. The van der Waals surface area contributed by atoms with Crippen LogP contribution in [-0.2, 0) is 6.42 Å². The third kappa shape index (κ3) is 4.16. The van der Waals surface area contributed by atoms with E-state index in [-0.39, 0.29) is 0 Å². The Morgan fingerprint density at radius 3 is 1.48 bits per heavy atom. The summed E-state index contributed by atoms with van der Waals surface area (Å²) >= 11 is 0. The van der Waals surface area contributed by atoms with Gasteiger partial charge in [-0.2, -0.15) is 0 Å². The molecule has 0 saturated heterocycles. The molecule has 0 radical (unpaired) electrons. The fourth-order valence-corrected chi connectivity index (χ4v) is 4.66. The minimum absolute atomic E-state index is 0.381. The largest absolute Gasteiger partial charge is 0.0590 e. The summed E-state index contributed by atoms with van der Waals surface area (Å²) < 4.78 is 0. The molecular weight excluding hydrogens is 324 g/mol. The highest BCUT2D eigenvalue weighted by Crippen LogP contribution is 2.35. The van der Waals surface area contributed by atoms with Crippen molar-refractivity contribution in [3.63, 3.8) is 0 Å². The van der Waals surface area contributed by atoms with Crippen molar-refractivity contribution in [2.75, 3.05) is 0 Å². The fraction of sp³-hybridized carbons (Fsp3) is 0.333. The lowest BCUT2D eigenvalue weighted by Crippen LogP contribution is -2.11. The molecule has 3 aromatic rings. The molecule has 3 rings (SSSR count). The average Bonchev–Trinajstić information content (AvgIpc) is 2.56. The van der Waals surface area contributed by atoms with E-state index < -0.39 is 0 Å². The zero-order chi connectivity index (χ0) is 19.7. The molecule has 0 aromatic heterocycles. The lowest BCUT2D eigenvalue weighted by atomic mass is 9.79. The molecule has 0 bridgehead atoms. The van der Waals surface area contributed by atoms with Crippen molar-refractivity contribution in [1.29, 1.82) is 0 Å². The number of aryl methyl sites for hydroxylation is 7. The highest BCUT2D eigenvalue weighted by molar-refractivity contribution is 5.48. The highest BCUT2D eigenvalue weighted by Gasteiger charge is 2.21. The van der Waals surface area contributed by atoms with Gasteiger partial charge in [0.1, 0.15) is 0 Å². The summed E-state index contributed by atoms with van der Waals surface area (Å²) in [5.74, 6) is 0.381. The number of benzene rings is 3. The molecule has 0 fully saturated rings. The summed E-state index contributed by atoms with van der Waals surface area (Å²) in [6.45, 7) is 15.6. The van der Waals surface area contributed by atoms with Crippen LogP contribution in [0.2, 0.25) is 0 Å². The van der Waals surface area contributed by atoms with Crippen molar-refractivity contribution in [2.45, 2.75) is 60.8 Å². The summed E-state index contributed by atoms with van der Waals surface area (Å²) in [6, 6.07) is 18.4. The van der Waals surface area contributed by atoms with Crippen LogP contribution in [0.5, 0.6) is 0 Å². The Kier molecular flexibility index (Phi) is 5.56. The Bertz CT molecular complexity index is 912. The molecule has 0 nitrogen and oxygen atoms in total. The van der Waals surface area contributed by atoms with Gasteiger partial charge < -0.3 is 0 Å². The lowest BCUT2D eigenvalue weighted by Gasteiger charge is -2.25. The van der Waals surface area contributed by atoms with Crippen molar-refractivity contribution in [1.82, 2.24) is 0 Å². The van der Waals surface area contributed by atoms with Gasteiger partial charge >= 0.3 is 0 Å². The van der Waals surface area contributed by atoms with Crippen LogP contribution in [0.1, 0.15) is 61.6 Å². The second kappa shape index (κ2) is 7.72. The monoisotopic (exact) mass is 356 g/mol. The molecule has 0 aliphatic carbocycles. The maximum atomic E-state index is 2.33. The summed E-state index contributed by atoms with van der Waals surface area (Å²) in [6.07, 6.45) is 1.05. The minimum atomic E-state index is 0.381. The normalized spacial score (nSPS) is 12.3. The summed E-state index contributed by atoms with van der Waals surface area (Å²) in [5, 5.41) is 0. The van der Waals surface area contributed by atoms with Gasteiger partial charge in [-0.25, -0.2) is 0 Å². The second-order valence-corrected chi connectivity index (χ2v) is 8.36. The van der Waals surface area contributed by atoms with E-state index in [1.807, 2.05) is 0 Å². The molecule has 3 aromatic carbocycles. The standard InChI is InChI=1S/C27H32/c1-17-8-10-24(11-9-17)26(27-22(6)14-19(3)15-23(27)7)16-25-20(4)12-18(2)13-21(25)5/h8-15,26H,16H2,1-7H3. The molecule has 0 N–H and O–H groups in total. The van der Waals surface area contributed by atoms with Crippen LogP contribution in [0.25, 0.3) is 0 Å². The Morgan fingerprint density at radius 1 is 0.556 bits per heavy atom. The maximum absolute atomic E-state index is 2.33. The van der Waals surface area contributed by atoms with Gasteiger partial charge in [0.15, 0.2) is 0 Å². The van der Waals surface area contributed by atoms with Crippen LogP contribution in [0.4, 0.5) is 0 Å². The van der Waals surface area contributed by atoms with E-state index in [0.717, 1.165) is 6.42 Å². The third-order valence-electron chi connectivity index (χ3n) is 5.81. The van der Waals surface area contributed by atoms with Gasteiger partial charge in [-0.3, -0.25) is 0 Å². The van der Waals surface area contributed by atoms with Crippen molar-refractivity contribution in [3.8, 4) is 0 Å². The van der Waals surface area contributed by atoms with E-state index >= 15 is 0 Å². The molecule has 27 heavy (non-hydrogen) atoms. The summed E-state index contributed by atoms with van der Waals surface area (Å²) in [7, 11) is 0. The highest BCUT2D eigenvalue weighted by atomic mass is 14.2. The predicted molar refractivity (Wildman–Crippen MR) is 118 cm³/mol. The molecule has 0 aliphatic heterocycles. The summed E-state index contributed by atoms with van der Waals surface area (Å²) in [5.41, 5.74) is 14.0. The van der Waals surface area contributed by atoms with Gasteiger partial charge in [0.25, 0.3) is 0 Å². The lowest BCUT2D eigenvalue weighted by molar-refractivity contribution is 0.781. The molecular formula is C27H32. The van der Waals surface area contributed by atoms with Crippen LogP contribution in [0.15, 0.2) is 48.5 Å². The summed E-state index contributed by atoms with van der Waals surface area (Å²) in [4.78, 5) is 0. The smallest absolute Gasteiger partial charge is 0.0135 e. The molecule has 0 heteroatoms. The van der Waals surface area contributed by atoms with Crippen LogP contribution in [0.3, 0.4) is 0 Å². The zero-order valence-electron chi connectivity index (χ0n) is 17.9.